The molecule has 0 saturated carbocycles. The van der Waals surface area contributed by atoms with E-state index in [-0.39, 0.29) is 24.2 Å². The van der Waals surface area contributed by atoms with E-state index < -0.39 is 0 Å². The molecule has 0 radical (unpaired) electrons. The van der Waals surface area contributed by atoms with Crippen LogP contribution in [0.1, 0.15) is 17.3 Å². The summed E-state index contributed by atoms with van der Waals surface area (Å²) in [6.45, 7) is 3.13. The second kappa shape index (κ2) is 6.49. The fourth-order valence-electron chi connectivity index (χ4n) is 1.63. The lowest BCUT2D eigenvalue weighted by atomic mass is 10.1. The van der Waals surface area contributed by atoms with Gasteiger partial charge >= 0.3 is 0 Å². The molecule has 1 atom stereocenters. The number of aromatic nitrogens is 3. The Morgan fingerprint density at radius 3 is 2.95 bits per heavy atom. The summed E-state index contributed by atoms with van der Waals surface area (Å²) in [7, 11) is 1.82. The molecule has 1 aromatic heterocycles. The maximum absolute atomic E-state index is 11.9. The molecule has 104 valence electrons. The summed E-state index contributed by atoms with van der Waals surface area (Å²) in [4.78, 5) is 11.9. The van der Waals surface area contributed by atoms with Crippen LogP contribution in [0.4, 0.5) is 0 Å². The van der Waals surface area contributed by atoms with Crippen molar-refractivity contribution in [1.82, 2.24) is 20.3 Å². The van der Waals surface area contributed by atoms with Crippen LogP contribution in [-0.2, 0) is 7.05 Å². The first-order valence-electron chi connectivity index (χ1n) is 5.89. The van der Waals surface area contributed by atoms with Crippen molar-refractivity contribution >= 4 is 29.3 Å². The third-order valence-corrected chi connectivity index (χ3v) is 2.89. The quantitative estimate of drug-likeness (QED) is 0.865. The van der Waals surface area contributed by atoms with E-state index in [2.05, 4.69) is 15.6 Å². The molecule has 1 aromatic carbocycles. The minimum absolute atomic E-state index is 0. The van der Waals surface area contributed by atoms with Crippen LogP contribution >= 0.6 is 12.4 Å². The van der Waals surface area contributed by atoms with Gasteiger partial charge in [0.1, 0.15) is 5.52 Å². The van der Waals surface area contributed by atoms with Crippen molar-refractivity contribution in [2.24, 2.45) is 18.7 Å². The van der Waals surface area contributed by atoms with Gasteiger partial charge in [-0.3, -0.25) is 4.79 Å². The zero-order valence-electron chi connectivity index (χ0n) is 11.0. The van der Waals surface area contributed by atoms with Gasteiger partial charge in [-0.05, 0) is 30.7 Å². The van der Waals surface area contributed by atoms with E-state index in [4.69, 9.17) is 5.73 Å². The SMILES string of the molecule is CC(CN)CNC(=O)c1ccc2c(c1)nnn2C.Cl. The van der Waals surface area contributed by atoms with Crippen LogP contribution in [0.3, 0.4) is 0 Å². The zero-order chi connectivity index (χ0) is 13.1. The Labute approximate surface area is 117 Å². The first-order chi connectivity index (χ1) is 8.61. The average molecular weight is 284 g/mol. The van der Waals surface area contributed by atoms with Crippen molar-refractivity contribution in [2.75, 3.05) is 13.1 Å². The number of rotatable bonds is 4. The molecule has 0 fully saturated rings. The predicted molar refractivity (Wildman–Crippen MR) is 76.3 cm³/mol. The standard InChI is InChI=1S/C12H17N5O.ClH/c1-8(6-13)7-14-12(18)9-3-4-11-10(5-9)15-16-17(11)2;/h3-5,8H,6-7,13H2,1-2H3,(H,14,18);1H. The largest absolute Gasteiger partial charge is 0.352 e. The number of amides is 1. The Bertz CT molecular complexity index is 568. The monoisotopic (exact) mass is 283 g/mol. The molecule has 0 bridgehead atoms. The number of halogens is 1. The molecule has 1 unspecified atom stereocenters. The Morgan fingerprint density at radius 1 is 1.53 bits per heavy atom. The molecule has 2 rings (SSSR count). The van der Waals surface area contributed by atoms with E-state index in [0.717, 1.165) is 11.0 Å². The minimum atomic E-state index is -0.108. The van der Waals surface area contributed by atoms with E-state index in [1.807, 2.05) is 20.0 Å². The first-order valence-corrected chi connectivity index (χ1v) is 5.89. The van der Waals surface area contributed by atoms with Gasteiger partial charge in [-0.1, -0.05) is 12.1 Å². The van der Waals surface area contributed by atoms with Gasteiger partial charge in [0.05, 0.1) is 5.52 Å². The zero-order valence-corrected chi connectivity index (χ0v) is 11.8. The van der Waals surface area contributed by atoms with Crippen molar-refractivity contribution in [3.05, 3.63) is 23.8 Å². The van der Waals surface area contributed by atoms with Crippen LogP contribution in [0, 0.1) is 5.92 Å². The van der Waals surface area contributed by atoms with E-state index in [1.165, 1.54) is 0 Å². The van der Waals surface area contributed by atoms with Gasteiger partial charge < -0.3 is 11.1 Å². The fraction of sp³-hybridized carbons (Fsp3) is 0.417. The summed E-state index contributed by atoms with van der Waals surface area (Å²) < 4.78 is 1.67. The van der Waals surface area contributed by atoms with Gasteiger partial charge in [-0.25, -0.2) is 4.68 Å². The summed E-state index contributed by atoms with van der Waals surface area (Å²) in [5.41, 5.74) is 7.72. The number of nitrogens with one attached hydrogen (secondary N) is 1. The van der Waals surface area contributed by atoms with Crippen LogP contribution in [0.15, 0.2) is 18.2 Å². The van der Waals surface area contributed by atoms with Crippen LogP contribution in [0.25, 0.3) is 11.0 Å². The second-order valence-electron chi connectivity index (χ2n) is 4.47. The number of benzene rings is 1. The van der Waals surface area contributed by atoms with Crippen molar-refractivity contribution in [3.8, 4) is 0 Å². The van der Waals surface area contributed by atoms with Gasteiger partial charge in [0, 0.05) is 19.2 Å². The number of carbonyl (C=O) groups excluding carboxylic acids is 1. The van der Waals surface area contributed by atoms with E-state index >= 15 is 0 Å². The number of carbonyl (C=O) groups is 1. The van der Waals surface area contributed by atoms with Crippen LogP contribution < -0.4 is 11.1 Å². The molecule has 0 aliphatic heterocycles. The van der Waals surface area contributed by atoms with Gasteiger partial charge in [0.15, 0.2) is 0 Å². The fourth-order valence-corrected chi connectivity index (χ4v) is 1.63. The molecule has 0 aliphatic rings. The molecule has 19 heavy (non-hydrogen) atoms. The number of nitrogens with two attached hydrogens (primary N) is 1. The lowest BCUT2D eigenvalue weighted by Crippen LogP contribution is -2.31. The highest BCUT2D eigenvalue weighted by Crippen LogP contribution is 2.12. The number of nitrogens with zero attached hydrogens (tertiary/aromatic N) is 3. The lowest BCUT2D eigenvalue weighted by Gasteiger charge is -2.09. The summed E-state index contributed by atoms with van der Waals surface area (Å²) >= 11 is 0. The third kappa shape index (κ3) is 3.42. The van der Waals surface area contributed by atoms with Crippen LogP contribution in [0.2, 0.25) is 0 Å². The van der Waals surface area contributed by atoms with Crippen LogP contribution in [0.5, 0.6) is 0 Å². The van der Waals surface area contributed by atoms with Gasteiger partial charge in [0.2, 0.25) is 0 Å². The molecule has 2 aromatic rings. The highest BCUT2D eigenvalue weighted by Gasteiger charge is 2.09. The Hall–Kier alpha value is -1.66. The van der Waals surface area contributed by atoms with Crippen molar-refractivity contribution in [2.45, 2.75) is 6.92 Å². The van der Waals surface area contributed by atoms with Gasteiger partial charge in [0.25, 0.3) is 5.91 Å². The normalized spacial score (nSPS) is 11.9. The molecule has 1 amide bonds. The maximum atomic E-state index is 11.9. The topological polar surface area (TPSA) is 85.8 Å². The lowest BCUT2D eigenvalue weighted by molar-refractivity contribution is 0.0948. The average Bonchev–Trinajstić information content (AvgIpc) is 2.76. The smallest absolute Gasteiger partial charge is 0.251 e. The highest BCUT2D eigenvalue weighted by molar-refractivity contribution is 5.97. The maximum Gasteiger partial charge on any atom is 0.251 e. The second-order valence-corrected chi connectivity index (χ2v) is 4.47. The number of fused-ring (bicyclic) bond motifs is 1. The summed E-state index contributed by atoms with van der Waals surface area (Å²) in [6, 6.07) is 5.36. The number of aryl methyl sites for hydroxylation is 1. The molecule has 0 saturated heterocycles. The van der Waals surface area contributed by atoms with E-state index in [1.54, 1.807) is 16.8 Å². The molecule has 7 heteroatoms. The Kier molecular flexibility index (Phi) is 5.26. The first kappa shape index (κ1) is 15.4. The third-order valence-electron chi connectivity index (χ3n) is 2.89. The van der Waals surface area contributed by atoms with Gasteiger partial charge in [-0.2, -0.15) is 0 Å². The summed E-state index contributed by atoms with van der Waals surface area (Å²) in [5, 5.41) is 10.7. The molecular weight excluding hydrogens is 266 g/mol. The van der Waals surface area contributed by atoms with Crippen molar-refractivity contribution < 1.29 is 4.79 Å². The number of hydrogen-bond donors (Lipinski definition) is 2. The molecular formula is C12H18ClN5O. The van der Waals surface area contributed by atoms with E-state index in [0.29, 0.717) is 18.7 Å². The Morgan fingerprint density at radius 2 is 2.26 bits per heavy atom. The summed E-state index contributed by atoms with van der Waals surface area (Å²) in [5.74, 6) is 0.164. The molecule has 6 nitrogen and oxygen atoms in total. The highest BCUT2D eigenvalue weighted by atomic mass is 35.5. The Balaban J connectivity index is 0.00000180. The van der Waals surface area contributed by atoms with Crippen molar-refractivity contribution in [3.63, 3.8) is 0 Å². The van der Waals surface area contributed by atoms with Crippen LogP contribution in [-0.4, -0.2) is 34.0 Å². The molecule has 0 aliphatic carbocycles. The van der Waals surface area contributed by atoms with E-state index in [9.17, 15) is 4.79 Å². The molecule has 0 spiro atoms. The summed E-state index contributed by atoms with van der Waals surface area (Å²) in [6.07, 6.45) is 0. The number of hydrogen-bond acceptors (Lipinski definition) is 4. The van der Waals surface area contributed by atoms with Crippen molar-refractivity contribution in [1.29, 1.82) is 0 Å². The molecule has 1 heterocycles. The predicted octanol–water partition coefficient (Wildman–Crippen LogP) is 0.715. The van der Waals surface area contributed by atoms with Gasteiger partial charge in [-0.15, -0.1) is 17.5 Å². The molecule has 3 N–H and O–H groups in total. The minimum Gasteiger partial charge on any atom is -0.352 e.